The van der Waals surface area contributed by atoms with Gasteiger partial charge in [0.05, 0.1) is 14.2 Å². The van der Waals surface area contributed by atoms with Gasteiger partial charge in [-0.2, -0.15) is 0 Å². The molecule has 2 aromatic rings. The Balaban J connectivity index is 2.69. The van der Waals surface area contributed by atoms with Gasteiger partial charge in [0.25, 0.3) is 0 Å². The molecule has 1 N–H and O–H groups in total. The van der Waals surface area contributed by atoms with Crippen LogP contribution in [0, 0.1) is 0 Å². The van der Waals surface area contributed by atoms with E-state index < -0.39 is 5.97 Å². The second kappa shape index (κ2) is 6.22. The first kappa shape index (κ1) is 15.4. The zero-order valence-corrected chi connectivity index (χ0v) is 13.5. The van der Waals surface area contributed by atoms with E-state index >= 15 is 0 Å². The number of rotatable bonds is 5. The van der Waals surface area contributed by atoms with Crippen molar-refractivity contribution in [1.82, 2.24) is 0 Å². The first-order valence-corrected chi connectivity index (χ1v) is 7.09. The summed E-state index contributed by atoms with van der Waals surface area (Å²) in [5.74, 6) is 0.374. The molecule has 0 aliphatic rings. The highest BCUT2D eigenvalue weighted by Gasteiger charge is 2.25. The summed E-state index contributed by atoms with van der Waals surface area (Å²) in [5.41, 5.74) is 1.36. The Morgan fingerprint density at radius 1 is 1.24 bits per heavy atom. The molecule has 0 saturated carbocycles. The lowest BCUT2D eigenvalue weighted by Crippen LogP contribution is -2.01. The van der Waals surface area contributed by atoms with Gasteiger partial charge >= 0.3 is 5.97 Å². The number of carbonyl (C=O) groups is 1. The van der Waals surface area contributed by atoms with Gasteiger partial charge in [-0.3, -0.25) is 0 Å². The molecule has 1 aromatic carbocycles. The summed E-state index contributed by atoms with van der Waals surface area (Å²) in [6, 6.07) is 5.13. The smallest absolute Gasteiger partial charge is 0.339 e. The summed E-state index contributed by atoms with van der Waals surface area (Å²) in [6.45, 7) is 1.87. The minimum absolute atomic E-state index is 0.152. The molecular weight excluding hydrogens is 340 g/mol. The molecule has 0 radical (unpaired) electrons. The molecule has 6 heteroatoms. The molecule has 0 saturated heterocycles. The number of halogens is 1. The highest BCUT2D eigenvalue weighted by molar-refractivity contribution is 9.10. The van der Waals surface area contributed by atoms with Crippen LogP contribution in [0.1, 0.15) is 22.8 Å². The van der Waals surface area contributed by atoms with E-state index in [9.17, 15) is 9.90 Å². The molecule has 0 atom stereocenters. The molecule has 0 aliphatic heterocycles. The normalized spacial score (nSPS) is 10.5. The van der Waals surface area contributed by atoms with Crippen LogP contribution in [0.5, 0.6) is 11.5 Å². The largest absolute Gasteiger partial charge is 0.497 e. The summed E-state index contributed by atoms with van der Waals surface area (Å²) >= 11 is 3.27. The number of furan rings is 1. The van der Waals surface area contributed by atoms with Gasteiger partial charge in [-0.05, 0) is 34.5 Å². The highest BCUT2D eigenvalue weighted by Crippen LogP contribution is 2.38. The van der Waals surface area contributed by atoms with Crippen LogP contribution in [-0.4, -0.2) is 25.3 Å². The van der Waals surface area contributed by atoms with Gasteiger partial charge in [-0.15, -0.1) is 0 Å². The molecule has 0 fully saturated rings. The van der Waals surface area contributed by atoms with E-state index in [1.165, 1.54) is 14.2 Å². The van der Waals surface area contributed by atoms with E-state index in [1.807, 2.05) is 6.92 Å². The van der Waals surface area contributed by atoms with Crippen molar-refractivity contribution < 1.29 is 23.8 Å². The van der Waals surface area contributed by atoms with Crippen molar-refractivity contribution in [3.63, 3.8) is 0 Å². The van der Waals surface area contributed by atoms with Crippen molar-refractivity contribution >= 4 is 21.9 Å². The summed E-state index contributed by atoms with van der Waals surface area (Å²) in [6.07, 6.45) is 0.548. The Morgan fingerprint density at radius 3 is 2.24 bits per heavy atom. The van der Waals surface area contributed by atoms with Crippen molar-refractivity contribution in [3.8, 4) is 22.8 Å². The summed E-state index contributed by atoms with van der Waals surface area (Å²) in [7, 11) is 3.07. The predicted molar refractivity (Wildman–Crippen MR) is 81.3 cm³/mol. The van der Waals surface area contributed by atoms with Gasteiger partial charge in [0.1, 0.15) is 17.1 Å². The monoisotopic (exact) mass is 354 g/mol. The number of benzene rings is 1. The summed E-state index contributed by atoms with van der Waals surface area (Å²) in [5, 5.41) is 9.46. The number of carboxylic acids is 1. The Labute approximate surface area is 130 Å². The average molecular weight is 355 g/mol. The molecule has 1 aromatic heterocycles. The van der Waals surface area contributed by atoms with E-state index in [0.29, 0.717) is 33.7 Å². The van der Waals surface area contributed by atoms with E-state index in [1.54, 1.807) is 18.2 Å². The third-order valence-corrected chi connectivity index (χ3v) is 3.78. The maximum atomic E-state index is 11.6. The third kappa shape index (κ3) is 2.90. The Kier molecular flexibility index (Phi) is 4.57. The van der Waals surface area contributed by atoms with Gasteiger partial charge in [0.2, 0.25) is 0 Å². The fourth-order valence-corrected chi connectivity index (χ4v) is 2.76. The lowest BCUT2D eigenvalue weighted by molar-refractivity contribution is 0.0696. The molecular formula is C15H15BrO5. The maximum Gasteiger partial charge on any atom is 0.339 e. The standard InChI is InChI=1S/C15H15BrO5/c1-4-11-12(15(17)18)13(21-14(11)16)8-5-9(19-2)7-10(6-8)20-3/h5-7H,4H2,1-3H3,(H,17,18). The number of carboxylic acid groups (broad SMARTS) is 1. The van der Waals surface area contributed by atoms with Crippen LogP contribution >= 0.6 is 15.9 Å². The van der Waals surface area contributed by atoms with Crippen molar-refractivity contribution in [2.45, 2.75) is 13.3 Å². The van der Waals surface area contributed by atoms with E-state index in [2.05, 4.69) is 15.9 Å². The number of hydrogen-bond acceptors (Lipinski definition) is 4. The van der Waals surface area contributed by atoms with Crippen LogP contribution in [-0.2, 0) is 6.42 Å². The number of ether oxygens (including phenoxy) is 2. The molecule has 0 unspecified atom stereocenters. The van der Waals surface area contributed by atoms with Crippen LogP contribution in [0.15, 0.2) is 27.3 Å². The van der Waals surface area contributed by atoms with Crippen molar-refractivity contribution in [3.05, 3.63) is 34.0 Å². The van der Waals surface area contributed by atoms with Crippen molar-refractivity contribution in [1.29, 1.82) is 0 Å². The molecule has 2 rings (SSSR count). The van der Waals surface area contributed by atoms with Gasteiger partial charge < -0.3 is 19.0 Å². The van der Waals surface area contributed by atoms with Crippen LogP contribution in [0.4, 0.5) is 0 Å². The topological polar surface area (TPSA) is 68.9 Å². The fraction of sp³-hybridized carbons (Fsp3) is 0.267. The zero-order valence-electron chi connectivity index (χ0n) is 11.9. The molecule has 0 aliphatic carbocycles. The molecule has 1 heterocycles. The molecule has 112 valence electrons. The number of hydrogen-bond donors (Lipinski definition) is 1. The van der Waals surface area contributed by atoms with Crippen LogP contribution in [0.3, 0.4) is 0 Å². The lowest BCUT2D eigenvalue weighted by atomic mass is 10.0. The van der Waals surface area contributed by atoms with Gasteiger partial charge in [-0.1, -0.05) is 6.92 Å². The zero-order chi connectivity index (χ0) is 15.6. The van der Waals surface area contributed by atoms with Gasteiger partial charge in [-0.25, -0.2) is 4.79 Å². The highest BCUT2D eigenvalue weighted by atomic mass is 79.9. The molecule has 0 spiro atoms. The SMILES string of the molecule is CCc1c(Br)oc(-c2cc(OC)cc(OC)c2)c1C(=O)O. The first-order valence-electron chi connectivity index (χ1n) is 6.29. The number of methoxy groups -OCH3 is 2. The second-order valence-electron chi connectivity index (χ2n) is 4.32. The molecule has 0 amide bonds. The van der Waals surface area contributed by atoms with Crippen molar-refractivity contribution in [2.75, 3.05) is 14.2 Å². The molecule has 0 bridgehead atoms. The molecule has 5 nitrogen and oxygen atoms in total. The van der Waals surface area contributed by atoms with Gasteiger partial charge in [0, 0.05) is 17.2 Å². The number of aromatic carboxylic acids is 1. The van der Waals surface area contributed by atoms with Crippen LogP contribution < -0.4 is 9.47 Å². The Hall–Kier alpha value is -1.95. The molecule has 21 heavy (non-hydrogen) atoms. The minimum Gasteiger partial charge on any atom is -0.497 e. The Morgan fingerprint density at radius 2 is 1.81 bits per heavy atom. The van der Waals surface area contributed by atoms with Crippen LogP contribution in [0.2, 0.25) is 0 Å². The fourth-order valence-electron chi connectivity index (χ4n) is 2.12. The summed E-state index contributed by atoms with van der Waals surface area (Å²) < 4.78 is 16.4. The second-order valence-corrected chi connectivity index (χ2v) is 5.04. The third-order valence-electron chi connectivity index (χ3n) is 3.14. The van der Waals surface area contributed by atoms with E-state index in [-0.39, 0.29) is 11.3 Å². The van der Waals surface area contributed by atoms with Gasteiger partial charge in [0.15, 0.2) is 10.4 Å². The first-order chi connectivity index (χ1) is 10.0. The van der Waals surface area contributed by atoms with E-state index in [4.69, 9.17) is 13.9 Å². The quantitative estimate of drug-likeness (QED) is 0.878. The van der Waals surface area contributed by atoms with E-state index in [0.717, 1.165) is 0 Å². The summed E-state index contributed by atoms with van der Waals surface area (Å²) in [4.78, 5) is 11.6. The average Bonchev–Trinajstić information content (AvgIpc) is 2.83. The minimum atomic E-state index is -1.03. The predicted octanol–water partition coefficient (Wildman–Crippen LogP) is 3.99. The van der Waals surface area contributed by atoms with Crippen LogP contribution in [0.25, 0.3) is 11.3 Å². The lowest BCUT2D eigenvalue weighted by Gasteiger charge is -2.07. The Bertz CT molecular complexity index is 653. The maximum absolute atomic E-state index is 11.6. The van der Waals surface area contributed by atoms with Crippen molar-refractivity contribution in [2.24, 2.45) is 0 Å².